The highest BCUT2D eigenvalue weighted by molar-refractivity contribution is 6.01. The fourth-order valence-corrected chi connectivity index (χ4v) is 3.29. The van der Waals surface area contributed by atoms with Gasteiger partial charge in [-0.2, -0.15) is 0 Å². The predicted octanol–water partition coefficient (Wildman–Crippen LogP) is 5.61. The molecule has 0 aliphatic carbocycles. The maximum Gasteiger partial charge on any atom is 0.0715 e. The van der Waals surface area contributed by atoms with Crippen molar-refractivity contribution in [2.24, 2.45) is 0 Å². The Hall–Kier alpha value is -1.89. The summed E-state index contributed by atoms with van der Waals surface area (Å²) in [7, 11) is 0. The largest absolute Gasteiger partial charge is 0.248 e. The average molecular weight is 277 g/mol. The Morgan fingerprint density at radius 3 is 2.10 bits per heavy atom. The molecule has 0 aliphatic rings. The number of aryl methyl sites for hydroxylation is 3. The van der Waals surface area contributed by atoms with Gasteiger partial charge in [-0.3, -0.25) is 0 Å². The van der Waals surface area contributed by atoms with E-state index in [-0.39, 0.29) is 5.41 Å². The van der Waals surface area contributed by atoms with Crippen molar-refractivity contribution in [2.45, 2.75) is 47.0 Å². The van der Waals surface area contributed by atoms with Gasteiger partial charge in [0.25, 0.3) is 0 Å². The van der Waals surface area contributed by atoms with Crippen LogP contribution in [0.4, 0.5) is 0 Å². The van der Waals surface area contributed by atoms with E-state index in [1.807, 2.05) is 0 Å². The highest BCUT2D eigenvalue weighted by Gasteiger charge is 2.23. The maximum atomic E-state index is 4.91. The van der Waals surface area contributed by atoms with Crippen LogP contribution in [0.3, 0.4) is 0 Å². The van der Waals surface area contributed by atoms with E-state index in [9.17, 15) is 0 Å². The van der Waals surface area contributed by atoms with Gasteiger partial charge in [-0.15, -0.1) is 0 Å². The molecular weight excluding hydrogens is 254 g/mol. The summed E-state index contributed by atoms with van der Waals surface area (Å²) in [5, 5.41) is 2.66. The summed E-state index contributed by atoms with van der Waals surface area (Å²) < 4.78 is 0. The zero-order valence-corrected chi connectivity index (χ0v) is 13.8. The molecule has 0 spiro atoms. The number of rotatable bonds is 0. The molecule has 1 heteroatoms. The summed E-state index contributed by atoms with van der Waals surface area (Å²) >= 11 is 0. The minimum atomic E-state index is 0.0874. The van der Waals surface area contributed by atoms with E-state index in [1.165, 1.54) is 33.0 Å². The third-order valence-corrected chi connectivity index (χ3v) is 4.46. The number of benzene rings is 2. The number of nitrogens with zero attached hydrogens (tertiary/aromatic N) is 1. The third-order valence-electron chi connectivity index (χ3n) is 4.46. The van der Waals surface area contributed by atoms with E-state index in [4.69, 9.17) is 4.98 Å². The van der Waals surface area contributed by atoms with Gasteiger partial charge in [0.2, 0.25) is 0 Å². The molecule has 3 aromatic rings. The molecule has 21 heavy (non-hydrogen) atoms. The quantitative estimate of drug-likeness (QED) is 0.487. The van der Waals surface area contributed by atoms with Crippen LogP contribution in [0.1, 0.15) is 43.0 Å². The Balaban J connectivity index is 2.68. The van der Waals surface area contributed by atoms with Gasteiger partial charge in [0, 0.05) is 10.8 Å². The van der Waals surface area contributed by atoms with Gasteiger partial charge in [-0.25, -0.2) is 4.98 Å². The lowest BCUT2D eigenvalue weighted by atomic mass is 9.79. The lowest BCUT2D eigenvalue weighted by Crippen LogP contribution is -2.14. The van der Waals surface area contributed by atoms with E-state index < -0.39 is 0 Å². The summed E-state index contributed by atoms with van der Waals surface area (Å²) in [6, 6.07) is 10.8. The van der Waals surface area contributed by atoms with Crippen LogP contribution in [-0.4, -0.2) is 4.98 Å². The molecule has 108 valence electrons. The smallest absolute Gasteiger partial charge is 0.0715 e. The fraction of sp³-hybridized carbons (Fsp3) is 0.350. The highest BCUT2D eigenvalue weighted by Crippen LogP contribution is 2.38. The Morgan fingerprint density at radius 1 is 0.762 bits per heavy atom. The molecule has 0 radical (unpaired) electrons. The second-order valence-electron chi connectivity index (χ2n) is 7.11. The third kappa shape index (κ3) is 2.12. The lowest BCUT2D eigenvalue weighted by Gasteiger charge is -2.26. The molecule has 2 aromatic carbocycles. The first kappa shape index (κ1) is 14.1. The van der Waals surface area contributed by atoms with E-state index >= 15 is 0 Å². The van der Waals surface area contributed by atoms with Gasteiger partial charge in [0.15, 0.2) is 0 Å². The summed E-state index contributed by atoms with van der Waals surface area (Å²) in [5.74, 6) is 0. The van der Waals surface area contributed by atoms with Crippen molar-refractivity contribution in [1.82, 2.24) is 4.98 Å². The zero-order chi connectivity index (χ0) is 15.4. The molecule has 0 N–H and O–H groups in total. The van der Waals surface area contributed by atoms with Crippen LogP contribution in [0.5, 0.6) is 0 Å². The van der Waals surface area contributed by atoms with Crippen LogP contribution in [0, 0.1) is 20.8 Å². The summed E-state index contributed by atoms with van der Waals surface area (Å²) in [6.45, 7) is 13.5. The Kier molecular flexibility index (Phi) is 3.05. The van der Waals surface area contributed by atoms with Gasteiger partial charge in [-0.05, 0) is 60.6 Å². The molecule has 0 atom stereocenters. The number of pyridine rings is 1. The lowest BCUT2D eigenvalue weighted by molar-refractivity contribution is 0.600. The van der Waals surface area contributed by atoms with Crippen molar-refractivity contribution in [1.29, 1.82) is 0 Å². The van der Waals surface area contributed by atoms with Gasteiger partial charge in [0.1, 0.15) is 0 Å². The number of aromatic nitrogens is 1. The molecule has 0 saturated carbocycles. The Bertz CT molecular complexity index is 851. The molecule has 0 bridgehead atoms. The molecule has 1 aromatic heterocycles. The van der Waals surface area contributed by atoms with Crippen molar-refractivity contribution < 1.29 is 0 Å². The SMILES string of the molecule is Cc1ccc2nc3cccc(C)c3c(C(C)(C)C)c2c1C. The molecule has 3 rings (SSSR count). The minimum Gasteiger partial charge on any atom is -0.248 e. The first-order valence-corrected chi connectivity index (χ1v) is 7.60. The summed E-state index contributed by atoms with van der Waals surface area (Å²) in [6.07, 6.45) is 0. The van der Waals surface area contributed by atoms with Crippen LogP contribution in [0.25, 0.3) is 21.8 Å². The fourth-order valence-electron chi connectivity index (χ4n) is 3.29. The van der Waals surface area contributed by atoms with Crippen LogP contribution in [0.15, 0.2) is 30.3 Å². The highest BCUT2D eigenvalue weighted by atomic mass is 14.7. The average Bonchev–Trinajstić information content (AvgIpc) is 2.40. The second-order valence-corrected chi connectivity index (χ2v) is 7.11. The summed E-state index contributed by atoms with van der Waals surface area (Å²) in [4.78, 5) is 4.91. The molecule has 0 amide bonds. The van der Waals surface area contributed by atoms with Crippen molar-refractivity contribution in [3.8, 4) is 0 Å². The Labute approximate surface area is 127 Å². The minimum absolute atomic E-state index is 0.0874. The second kappa shape index (κ2) is 4.56. The normalized spacial score (nSPS) is 12.3. The van der Waals surface area contributed by atoms with Crippen molar-refractivity contribution >= 4 is 21.8 Å². The van der Waals surface area contributed by atoms with E-state index in [2.05, 4.69) is 71.9 Å². The van der Waals surface area contributed by atoms with Crippen molar-refractivity contribution in [3.63, 3.8) is 0 Å². The molecule has 1 nitrogen and oxygen atoms in total. The van der Waals surface area contributed by atoms with Gasteiger partial charge in [0.05, 0.1) is 11.0 Å². The van der Waals surface area contributed by atoms with Gasteiger partial charge >= 0.3 is 0 Å². The topological polar surface area (TPSA) is 12.9 Å². The molecule has 0 aliphatic heterocycles. The van der Waals surface area contributed by atoms with E-state index in [0.717, 1.165) is 11.0 Å². The van der Waals surface area contributed by atoms with Crippen LogP contribution >= 0.6 is 0 Å². The molecule has 0 unspecified atom stereocenters. The predicted molar refractivity (Wildman–Crippen MR) is 92.2 cm³/mol. The van der Waals surface area contributed by atoms with Crippen LogP contribution in [-0.2, 0) is 5.41 Å². The van der Waals surface area contributed by atoms with Crippen molar-refractivity contribution in [2.75, 3.05) is 0 Å². The van der Waals surface area contributed by atoms with E-state index in [1.54, 1.807) is 0 Å². The molecule has 1 heterocycles. The first-order chi connectivity index (χ1) is 9.80. The Morgan fingerprint density at radius 2 is 1.43 bits per heavy atom. The van der Waals surface area contributed by atoms with Gasteiger partial charge in [-0.1, -0.05) is 39.0 Å². The maximum absolute atomic E-state index is 4.91. The number of hydrogen-bond donors (Lipinski definition) is 0. The summed E-state index contributed by atoms with van der Waals surface area (Å²) in [5.41, 5.74) is 7.74. The molecular formula is C20H23N. The standard InChI is InChI=1S/C20H23N/c1-12-10-11-16-18(14(12)3)19(20(4,5)6)17-13(2)8-7-9-15(17)21-16/h7-11H,1-6H3. The number of fused-ring (bicyclic) bond motifs is 2. The van der Waals surface area contributed by atoms with Gasteiger partial charge < -0.3 is 0 Å². The van der Waals surface area contributed by atoms with Crippen molar-refractivity contribution in [3.05, 3.63) is 52.6 Å². The molecule has 0 saturated heterocycles. The monoisotopic (exact) mass is 277 g/mol. The van der Waals surface area contributed by atoms with E-state index in [0.29, 0.717) is 0 Å². The van der Waals surface area contributed by atoms with Crippen LogP contribution < -0.4 is 0 Å². The zero-order valence-electron chi connectivity index (χ0n) is 13.8. The van der Waals surface area contributed by atoms with Crippen LogP contribution in [0.2, 0.25) is 0 Å². The first-order valence-electron chi connectivity index (χ1n) is 7.60. The number of hydrogen-bond acceptors (Lipinski definition) is 1. The molecule has 0 fully saturated rings.